The zero-order chi connectivity index (χ0) is 9.97. The minimum atomic E-state index is 0.447. The van der Waals surface area contributed by atoms with Crippen molar-refractivity contribution in [1.82, 2.24) is 0 Å². The van der Waals surface area contributed by atoms with Crippen molar-refractivity contribution in [3.8, 4) is 0 Å². The topological polar surface area (TPSA) is 9.23 Å². The smallest absolute Gasteiger partial charge is 0.0551 e. The first kappa shape index (κ1) is 10.7. The number of ether oxygens (including phenoxy) is 1. The Labute approximate surface area is 97.6 Å². The Hall–Kier alpha value is 0.140. The van der Waals surface area contributed by atoms with Gasteiger partial charge < -0.3 is 4.74 Å². The average Bonchev–Trinajstić information content (AvgIpc) is 2.75. The molecule has 1 aliphatic rings. The van der Waals surface area contributed by atoms with Gasteiger partial charge in [0.2, 0.25) is 0 Å². The molecule has 1 aromatic rings. The third-order valence-corrected chi connectivity index (χ3v) is 4.56. The van der Waals surface area contributed by atoms with E-state index in [9.17, 15) is 0 Å². The van der Waals surface area contributed by atoms with Crippen molar-refractivity contribution >= 4 is 27.3 Å². The third-order valence-electron chi connectivity index (χ3n) is 2.75. The predicted octanol–water partition coefficient (Wildman–Crippen LogP) is 3.48. The van der Waals surface area contributed by atoms with Crippen molar-refractivity contribution in [2.75, 3.05) is 6.61 Å². The Morgan fingerprint density at radius 1 is 1.71 bits per heavy atom. The summed E-state index contributed by atoms with van der Waals surface area (Å²) in [4.78, 5) is 0.571. The van der Waals surface area contributed by atoms with E-state index in [4.69, 9.17) is 4.74 Å². The molecule has 3 heteroatoms. The number of halogens is 1. The van der Waals surface area contributed by atoms with Crippen LogP contribution < -0.4 is 0 Å². The van der Waals surface area contributed by atoms with E-state index in [0.717, 1.165) is 13.0 Å². The van der Waals surface area contributed by atoms with Crippen molar-refractivity contribution in [1.29, 1.82) is 0 Å². The van der Waals surface area contributed by atoms with Crippen LogP contribution in [0.1, 0.15) is 18.9 Å². The van der Waals surface area contributed by atoms with Crippen LogP contribution in [0.2, 0.25) is 0 Å². The van der Waals surface area contributed by atoms with E-state index in [1.807, 2.05) is 0 Å². The second-order valence-corrected chi connectivity index (χ2v) is 5.95. The van der Waals surface area contributed by atoms with Crippen LogP contribution in [0, 0.1) is 5.92 Å². The van der Waals surface area contributed by atoms with Crippen molar-refractivity contribution < 1.29 is 4.74 Å². The summed E-state index contributed by atoms with van der Waals surface area (Å²) in [7, 11) is 0. The van der Waals surface area contributed by atoms with Crippen LogP contribution in [0.15, 0.2) is 16.8 Å². The van der Waals surface area contributed by atoms with Gasteiger partial charge in [-0.1, -0.05) is 15.9 Å². The normalized spacial score (nSPS) is 29.3. The fourth-order valence-corrected chi connectivity index (χ4v) is 3.33. The minimum absolute atomic E-state index is 0.447. The van der Waals surface area contributed by atoms with Crippen molar-refractivity contribution in [2.24, 2.45) is 5.92 Å². The zero-order valence-corrected chi connectivity index (χ0v) is 10.7. The molecule has 0 aromatic carbocycles. The highest BCUT2D eigenvalue weighted by Gasteiger charge is 2.27. The number of alkyl halides is 1. The molecule has 0 radical (unpaired) electrons. The molecule has 2 heterocycles. The highest BCUT2D eigenvalue weighted by atomic mass is 79.9. The first-order chi connectivity index (χ1) is 6.75. The molecule has 0 saturated carbocycles. The molecule has 1 aliphatic heterocycles. The lowest BCUT2D eigenvalue weighted by Gasteiger charge is -2.14. The Kier molecular flexibility index (Phi) is 3.63. The largest absolute Gasteiger partial charge is 0.378 e. The maximum Gasteiger partial charge on any atom is 0.0551 e. The van der Waals surface area contributed by atoms with Gasteiger partial charge in [-0.3, -0.25) is 0 Å². The SMILES string of the molecule is CC1CC(C(Br)Cc2ccsc2)CO1. The molecule has 0 bridgehead atoms. The maximum atomic E-state index is 5.58. The molecule has 1 saturated heterocycles. The van der Waals surface area contributed by atoms with Crippen LogP contribution >= 0.6 is 27.3 Å². The Morgan fingerprint density at radius 2 is 2.57 bits per heavy atom. The predicted molar refractivity (Wildman–Crippen MR) is 64.3 cm³/mol. The lowest BCUT2D eigenvalue weighted by molar-refractivity contribution is 0.120. The molecule has 3 unspecified atom stereocenters. The number of hydrogen-bond acceptors (Lipinski definition) is 2. The first-order valence-corrected chi connectivity index (χ1v) is 6.88. The number of rotatable bonds is 3. The molecule has 0 aliphatic carbocycles. The van der Waals surface area contributed by atoms with Gasteiger partial charge in [0.1, 0.15) is 0 Å². The monoisotopic (exact) mass is 274 g/mol. The maximum absolute atomic E-state index is 5.58. The lowest BCUT2D eigenvalue weighted by atomic mass is 9.98. The van der Waals surface area contributed by atoms with Crippen LogP contribution in [0.5, 0.6) is 0 Å². The molecule has 2 rings (SSSR count). The summed E-state index contributed by atoms with van der Waals surface area (Å²) in [6.45, 7) is 3.07. The van der Waals surface area contributed by atoms with Gasteiger partial charge in [0, 0.05) is 4.83 Å². The van der Waals surface area contributed by atoms with E-state index in [0.29, 0.717) is 16.8 Å². The first-order valence-electron chi connectivity index (χ1n) is 5.02. The fourth-order valence-electron chi connectivity index (χ4n) is 1.90. The molecular formula is C11H15BrOS. The van der Waals surface area contributed by atoms with Crippen molar-refractivity contribution in [3.05, 3.63) is 22.4 Å². The van der Waals surface area contributed by atoms with Gasteiger partial charge in [0.25, 0.3) is 0 Å². The third kappa shape index (κ3) is 2.59. The Morgan fingerprint density at radius 3 is 3.14 bits per heavy atom. The lowest BCUT2D eigenvalue weighted by Crippen LogP contribution is -2.16. The van der Waals surface area contributed by atoms with E-state index in [-0.39, 0.29) is 0 Å². The van der Waals surface area contributed by atoms with Crippen LogP contribution in [-0.4, -0.2) is 17.5 Å². The van der Waals surface area contributed by atoms with Crippen LogP contribution in [0.3, 0.4) is 0 Å². The van der Waals surface area contributed by atoms with Crippen LogP contribution in [0.4, 0.5) is 0 Å². The summed E-state index contributed by atoms with van der Waals surface area (Å²) in [6.07, 6.45) is 2.77. The summed E-state index contributed by atoms with van der Waals surface area (Å²) in [6, 6.07) is 2.21. The molecule has 0 N–H and O–H groups in total. The van der Waals surface area contributed by atoms with Gasteiger partial charge in [-0.25, -0.2) is 0 Å². The highest BCUT2D eigenvalue weighted by molar-refractivity contribution is 9.09. The van der Waals surface area contributed by atoms with E-state index in [2.05, 4.69) is 39.7 Å². The van der Waals surface area contributed by atoms with Gasteiger partial charge in [-0.2, -0.15) is 11.3 Å². The highest BCUT2D eigenvalue weighted by Crippen LogP contribution is 2.29. The Balaban J connectivity index is 1.87. The summed E-state index contributed by atoms with van der Waals surface area (Å²) < 4.78 is 5.58. The van der Waals surface area contributed by atoms with Gasteiger partial charge in [0.05, 0.1) is 12.7 Å². The van der Waals surface area contributed by atoms with Crippen molar-refractivity contribution in [2.45, 2.75) is 30.7 Å². The van der Waals surface area contributed by atoms with Crippen molar-refractivity contribution in [3.63, 3.8) is 0 Å². The zero-order valence-electron chi connectivity index (χ0n) is 8.28. The van der Waals surface area contributed by atoms with Gasteiger partial charge >= 0.3 is 0 Å². The second kappa shape index (κ2) is 4.77. The van der Waals surface area contributed by atoms with Crippen LogP contribution in [-0.2, 0) is 11.2 Å². The molecule has 1 nitrogen and oxygen atoms in total. The minimum Gasteiger partial charge on any atom is -0.378 e. The molecule has 78 valence electrons. The fraction of sp³-hybridized carbons (Fsp3) is 0.636. The molecule has 0 amide bonds. The van der Waals surface area contributed by atoms with Crippen LogP contribution in [0.25, 0.3) is 0 Å². The molecule has 14 heavy (non-hydrogen) atoms. The van der Waals surface area contributed by atoms with E-state index in [1.165, 1.54) is 12.0 Å². The van der Waals surface area contributed by atoms with Gasteiger partial charge in [0.15, 0.2) is 0 Å². The summed E-state index contributed by atoms with van der Waals surface area (Å²) in [5, 5.41) is 4.37. The molecule has 1 fully saturated rings. The summed E-state index contributed by atoms with van der Waals surface area (Å²) >= 11 is 5.55. The number of thiophene rings is 1. The molecule has 1 aromatic heterocycles. The average molecular weight is 275 g/mol. The van der Waals surface area contributed by atoms with E-state index < -0.39 is 0 Å². The molecular weight excluding hydrogens is 260 g/mol. The van der Waals surface area contributed by atoms with E-state index >= 15 is 0 Å². The second-order valence-electron chi connectivity index (χ2n) is 3.99. The number of hydrogen-bond donors (Lipinski definition) is 0. The standard InChI is InChI=1S/C11H15BrOS/c1-8-4-10(6-13-8)11(12)5-9-2-3-14-7-9/h2-3,7-8,10-11H,4-6H2,1H3. The summed E-state index contributed by atoms with van der Waals surface area (Å²) in [5.74, 6) is 0.685. The molecule has 0 spiro atoms. The van der Waals surface area contributed by atoms with E-state index in [1.54, 1.807) is 11.3 Å². The Bertz CT molecular complexity index is 273. The summed E-state index contributed by atoms with van der Waals surface area (Å²) in [5.41, 5.74) is 1.44. The van der Waals surface area contributed by atoms with Gasteiger partial charge in [-0.15, -0.1) is 0 Å². The quantitative estimate of drug-likeness (QED) is 0.767. The van der Waals surface area contributed by atoms with Gasteiger partial charge in [-0.05, 0) is 48.1 Å². The molecule has 3 atom stereocenters.